The molecule has 0 bridgehead atoms. The topological polar surface area (TPSA) is 98.5 Å². The van der Waals surface area contributed by atoms with Crippen molar-refractivity contribution in [2.24, 2.45) is 5.73 Å². The average molecular weight is 373 g/mol. The van der Waals surface area contributed by atoms with Gasteiger partial charge in [0.25, 0.3) is 5.91 Å². The molecule has 1 aromatic carbocycles. The standard InChI is InChI=1S/C13H20N2O4S.2ClH/c1-13(2,3)8-6-9(12(14)16)11(19-4)10(7-8)15-20(5,17)18;;/h6-7,15H,1-5H3,(H2,14,16);2*1H. The zero-order valence-corrected chi connectivity index (χ0v) is 15.5. The molecule has 1 rings (SSSR count). The van der Waals surface area contributed by atoms with Gasteiger partial charge in [-0.2, -0.15) is 0 Å². The van der Waals surface area contributed by atoms with E-state index in [1.165, 1.54) is 7.11 Å². The molecular formula is C13H22Cl2N2O4S. The van der Waals surface area contributed by atoms with Crippen molar-refractivity contribution >= 4 is 46.4 Å². The second kappa shape index (κ2) is 7.89. The largest absolute Gasteiger partial charge is 0.494 e. The van der Waals surface area contributed by atoms with Gasteiger partial charge in [0.2, 0.25) is 10.0 Å². The van der Waals surface area contributed by atoms with Gasteiger partial charge >= 0.3 is 0 Å². The van der Waals surface area contributed by atoms with Crippen LogP contribution in [0.5, 0.6) is 5.75 Å². The van der Waals surface area contributed by atoms with Gasteiger partial charge in [0.15, 0.2) is 5.75 Å². The Balaban J connectivity index is 0. The third-order valence-corrected chi connectivity index (χ3v) is 3.31. The third kappa shape index (κ3) is 5.90. The fourth-order valence-corrected chi connectivity index (χ4v) is 2.29. The van der Waals surface area contributed by atoms with E-state index in [1.807, 2.05) is 20.8 Å². The van der Waals surface area contributed by atoms with Gasteiger partial charge in [0.05, 0.1) is 24.6 Å². The lowest BCUT2D eigenvalue weighted by Gasteiger charge is -2.23. The zero-order valence-electron chi connectivity index (χ0n) is 13.1. The summed E-state index contributed by atoms with van der Waals surface area (Å²) in [6, 6.07) is 3.26. The summed E-state index contributed by atoms with van der Waals surface area (Å²) in [5, 5.41) is 0. The number of methoxy groups -OCH3 is 1. The highest BCUT2D eigenvalue weighted by Crippen LogP contribution is 2.35. The SMILES string of the molecule is COc1c(NS(C)(=O)=O)cc(C(C)(C)C)cc1C(N)=O.Cl.Cl. The summed E-state index contributed by atoms with van der Waals surface area (Å²) < 4.78 is 30.3. The van der Waals surface area contributed by atoms with Crippen LogP contribution in [-0.4, -0.2) is 27.7 Å². The van der Waals surface area contributed by atoms with Crippen LogP contribution in [0.25, 0.3) is 0 Å². The molecule has 0 unspecified atom stereocenters. The molecule has 0 aliphatic heterocycles. The molecule has 0 saturated heterocycles. The predicted molar refractivity (Wildman–Crippen MR) is 93.2 cm³/mol. The van der Waals surface area contributed by atoms with Crippen molar-refractivity contribution in [2.75, 3.05) is 18.1 Å². The number of hydrogen-bond acceptors (Lipinski definition) is 4. The molecule has 9 heteroatoms. The fraction of sp³-hybridized carbons (Fsp3) is 0.462. The second-order valence-corrected chi connectivity index (χ2v) is 7.34. The molecule has 0 radical (unpaired) electrons. The van der Waals surface area contributed by atoms with Crippen LogP contribution >= 0.6 is 24.8 Å². The first-order chi connectivity index (χ1) is 8.95. The summed E-state index contributed by atoms with van der Waals surface area (Å²) in [5.41, 5.74) is 6.19. The molecule has 3 N–H and O–H groups in total. The molecule has 0 spiro atoms. The van der Waals surface area contributed by atoms with Gasteiger partial charge in [0, 0.05) is 0 Å². The van der Waals surface area contributed by atoms with Crippen LogP contribution in [0.3, 0.4) is 0 Å². The van der Waals surface area contributed by atoms with Crippen molar-refractivity contribution in [3.63, 3.8) is 0 Å². The Labute approximate surface area is 143 Å². The minimum Gasteiger partial charge on any atom is -0.494 e. The Morgan fingerprint density at radius 2 is 1.73 bits per heavy atom. The van der Waals surface area contributed by atoms with E-state index in [-0.39, 0.29) is 47.2 Å². The Morgan fingerprint density at radius 1 is 1.23 bits per heavy atom. The Hall–Kier alpha value is -1.18. The van der Waals surface area contributed by atoms with Crippen LogP contribution in [0, 0.1) is 0 Å². The van der Waals surface area contributed by atoms with E-state index in [1.54, 1.807) is 12.1 Å². The number of primary amides is 1. The molecule has 6 nitrogen and oxygen atoms in total. The summed E-state index contributed by atoms with van der Waals surface area (Å²) in [4.78, 5) is 11.5. The lowest BCUT2D eigenvalue weighted by atomic mass is 9.85. The van der Waals surface area contributed by atoms with Crippen LogP contribution in [-0.2, 0) is 15.4 Å². The highest BCUT2D eigenvalue weighted by atomic mass is 35.5. The van der Waals surface area contributed by atoms with E-state index >= 15 is 0 Å². The fourth-order valence-electron chi connectivity index (χ4n) is 1.74. The monoisotopic (exact) mass is 372 g/mol. The Bertz CT molecular complexity index is 640. The molecule has 0 heterocycles. The average Bonchev–Trinajstić information content (AvgIpc) is 2.24. The predicted octanol–water partition coefficient (Wildman–Crippen LogP) is 2.31. The summed E-state index contributed by atoms with van der Waals surface area (Å²) >= 11 is 0. The maximum atomic E-state index is 11.5. The van der Waals surface area contributed by atoms with Crippen LogP contribution in [0.4, 0.5) is 5.69 Å². The number of ether oxygens (including phenoxy) is 1. The van der Waals surface area contributed by atoms with E-state index in [0.29, 0.717) is 0 Å². The molecule has 1 aromatic rings. The van der Waals surface area contributed by atoms with Crippen LogP contribution < -0.4 is 15.2 Å². The summed E-state index contributed by atoms with van der Waals surface area (Å²) in [5.74, 6) is -0.555. The zero-order chi connectivity index (χ0) is 15.7. The van der Waals surface area contributed by atoms with Crippen molar-refractivity contribution in [1.29, 1.82) is 0 Å². The molecule has 1 amide bonds. The molecule has 0 aliphatic carbocycles. The molecule has 22 heavy (non-hydrogen) atoms. The van der Waals surface area contributed by atoms with Crippen molar-refractivity contribution in [1.82, 2.24) is 0 Å². The maximum absolute atomic E-state index is 11.5. The lowest BCUT2D eigenvalue weighted by Crippen LogP contribution is -2.19. The van der Waals surface area contributed by atoms with E-state index in [4.69, 9.17) is 10.5 Å². The first-order valence-corrected chi connectivity index (χ1v) is 7.85. The summed E-state index contributed by atoms with van der Waals surface area (Å²) in [6.07, 6.45) is 1.03. The van der Waals surface area contributed by atoms with Gasteiger partial charge in [-0.15, -0.1) is 24.8 Å². The van der Waals surface area contributed by atoms with Crippen LogP contribution in [0.2, 0.25) is 0 Å². The van der Waals surface area contributed by atoms with Crippen LogP contribution in [0.15, 0.2) is 12.1 Å². The number of rotatable bonds is 4. The van der Waals surface area contributed by atoms with E-state index in [9.17, 15) is 13.2 Å². The number of halogens is 2. The van der Waals surface area contributed by atoms with Gasteiger partial charge in [-0.25, -0.2) is 8.42 Å². The molecule has 0 aliphatic rings. The molecule has 128 valence electrons. The van der Waals surface area contributed by atoms with Crippen molar-refractivity contribution in [2.45, 2.75) is 26.2 Å². The van der Waals surface area contributed by atoms with Gasteiger partial charge < -0.3 is 10.5 Å². The van der Waals surface area contributed by atoms with Gasteiger partial charge in [-0.1, -0.05) is 20.8 Å². The number of anilines is 1. The lowest BCUT2D eigenvalue weighted by molar-refractivity contribution is 0.0997. The second-order valence-electron chi connectivity index (χ2n) is 5.59. The number of hydrogen-bond donors (Lipinski definition) is 2. The Morgan fingerprint density at radius 3 is 2.05 bits per heavy atom. The van der Waals surface area contributed by atoms with Crippen molar-refractivity contribution in [3.8, 4) is 5.75 Å². The first-order valence-electron chi connectivity index (χ1n) is 5.96. The highest BCUT2D eigenvalue weighted by molar-refractivity contribution is 7.92. The molecule has 0 fully saturated rings. The van der Waals surface area contributed by atoms with Gasteiger partial charge in [-0.3, -0.25) is 9.52 Å². The van der Waals surface area contributed by atoms with Crippen molar-refractivity contribution < 1.29 is 17.9 Å². The number of amides is 1. The summed E-state index contributed by atoms with van der Waals surface area (Å²) in [6.45, 7) is 5.84. The normalized spacial score (nSPS) is 11.0. The number of carbonyl (C=O) groups is 1. The maximum Gasteiger partial charge on any atom is 0.252 e. The van der Waals surface area contributed by atoms with Gasteiger partial charge in [0.1, 0.15) is 0 Å². The molecule has 0 aromatic heterocycles. The number of benzene rings is 1. The van der Waals surface area contributed by atoms with E-state index in [0.717, 1.165) is 11.8 Å². The van der Waals surface area contributed by atoms with E-state index < -0.39 is 15.9 Å². The quantitative estimate of drug-likeness (QED) is 0.846. The molecule has 0 atom stereocenters. The minimum absolute atomic E-state index is 0. The summed E-state index contributed by atoms with van der Waals surface area (Å²) in [7, 11) is -2.14. The number of sulfonamides is 1. The van der Waals surface area contributed by atoms with Crippen LogP contribution in [0.1, 0.15) is 36.7 Å². The Kier molecular flexibility index (Phi) is 8.29. The minimum atomic E-state index is -3.50. The smallest absolute Gasteiger partial charge is 0.252 e. The number of nitrogens with one attached hydrogen (secondary N) is 1. The van der Waals surface area contributed by atoms with E-state index in [2.05, 4.69) is 4.72 Å². The highest BCUT2D eigenvalue weighted by Gasteiger charge is 2.22. The van der Waals surface area contributed by atoms with Crippen molar-refractivity contribution in [3.05, 3.63) is 23.3 Å². The third-order valence-electron chi connectivity index (χ3n) is 2.72. The first kappa shape index (κ1) is 23.1. The number of carbonyl (C=O) groups excluding carboxylic acids is 1. The number of nitrogens with two attached hydrogens (primary N) is 1. The van der Waals surface area contributed by atoms with Gasteiger partial charge in [-0.05, 0) is 23.1 Å². The molecule has 0 saturated carbocycles. The molecular weight excluding hydrogens is 351 g/mol.